The van der Waals surface area contributed by atoms with Crippen LogP contribution >= 0.6 is 35.3 Å². The van der Waals surface area contributed by atoms with Crippen LogP contribution in [0.3, 0.4) is 0 Å². The number of amides is 2. The van der Waals surface area contributed by atoms with Gasteiger partial charge in [0.15, 0.2) is 0 Å². The van der Waals surface area contributed by atoms with Gasteiger partial charge in [-0.1, -0.05) is 11.8 Å². The molecule has 3 heterocycles. The fourth-order valence-electron chi connectivity index (χ4n) is 3.15. The Labute approximate surface area is 230 Å². The second-order valence-electron chi connectivity index (χ2n) is 6.81. The number of rotatable bonds is 10. The van der Waals surface area contributed by atoms with Crippen molar-refractivity contribution in [1.29, 1.82) is 0 Å². The number of aromatic amines is 1. The van der Waals surface area contributed by atoms with E-state index in [1.54, 1.807) is 0 Å². The number of nitrogens with one attached hydrogen (secondary N) is 2. The van der Waals surface area contributed by atoms with Gasteiger partial charge in [-0.25, -0.2) is 13.6 Å². The summed E-state index contributed by atoms with van der Waals surface area (Å²) in [6.45, 7) is 0. The Morgan fingerprint density at radius 3 is 2.63 bits per heavy atom. The van der Waals surface area contributed by atoms with Gasteiger partial charge >= 0.3 is 35.1 Å². The number of nitrogens with two attached hydrogens (primary N) is 1. The van der Waals surface area contributed by atoms with Crippen LogP contribution in [-0.2, 0) is 24.4 Å². The Kier molecular flexibility index (Phi) is 10.4. The van der Waals surface area contributed by atoms with Crippen molar-refractivity contribution in [2.24, 2.45) is 5.14 Å². The molecule has 13 nitrogen and oxygen atoms in total. The van der Waals surface area contributed by atoms with Crippen molar-refractivity contribution >= 4 is 63.1 Å². The first kappa shape index (κ1) is 30.2. The number of carbonyl (C=O) groups is 3. The molecule has 1 saturated heterocycles. The quantitative estimate of drug-likeness (QED) is 0.134. The number of sulfonamides is 1. The van der Waals surface area contributed by atoms with Gasteiger partial charge in [-0.15, -0.1) is 22.0 Å². The molecule has 1 fully saturated rings. The number of primary sulfonamides is 1. The third-order valence-electron chi connectivity index (χ3n) is 4.50. The van der Waals surface area contributed by atoms with Gasteiger partial charge in [0, 0.05) is 11.0 Å². The number of aromatic nitrogens is 4. The number of carboxylic acid groups (broad SMARTS) is 1. The Hall–Kier alpha value is -1.03. The largest absolute Gasteiger partial charge is 1.00 e. The number of hydrogen-bond acceptors (Lipinski definition) is 12. The molecule has 1 aromatic rings. The van der Waals surface area contributed by atoms with Crippen molar-refractivity contribution in [3.05, 3.63) is 11.3 Å². The molecule has 21 heteroatoms. The molecule has 0 bridgehead atoms. The smallest absolute Gasteiger partial charge is 0.543 e. The predicted molar refractivity (Wildman–Crippen MR) is 112 cm³/mol. The van der Waals surface area contributed by atoms with Crippen LogP contribution in [0.25, 0.3) is 0 Å². The normalized spacial score (nSPS) is 21.0. The number of β-lactam (4-membered cyclic amide) rings is 1. The molecular weight excluding hydrogens is 570 g/mol. The van der Waals surface area contributed by atoms with E-state index in [0.717, 1.165) is 28.4 Å². The second-order valence-corrected chi connectivity index (χ2v) is 11.9. The maximum atomic E-state index is 12.6. The topological polar surface area (TPSA) is 204 Å². The average Bonchev–Trinajstić information content (AvgIpc) is 3.24. The van der Waals surface area contributed by atoms with Gasteiger partial charge in [-0.05, 0) is 29.0 Å². The van der Waals surface area contributed by atoms with E-state index >= 15 is 0 Å². The number of carboxylic acids is 1. The second kappa shape index (κ2) is 12.0. The van der Waals surface area contributed by atoms with Gasteiger partial charge < -0.3 is 15.2 Å². The number of alkyl halides is 3. The van der Waals surface area contributed by atoms with Crippen LogP contribution in [0.4, 0.5) is 13.2 Å². The molecule has 2 amide bonds. The Morgan fingerprint density at radius 1 is 1.40 bits per heavy atom. The minimum absolute atomic E-state index is 0. The third kappa shape index (κ3) is 7.98. The van der Waals surface area contributed by atoms with E-state index in [2.05, 4.69) is 25.9 Å². The van der Waals surface area contributed by atoms with E-state index in [1.807, 2.05) is 0 Å². The van der Waals surface area contributed by atoms with E-state index in [4.69, 9.17) is 5.14 Å². The summed E-state index contributed by atoms with van der Waals surface area (Å²) in [4.78, 5) is 37.3. The van der Waals surface area contributed by atoms with Crippen LogP contribution in [0.2, 0.25) is 0 Å². The number of thioether (sulfide) groups is 3. The van der Waals surface area contributed by atoms with Crippen LogP contribution in [0, 0.1) is 0 Å². The predicted octanol–water partition coefficient (Wildman–Crippen LogP) is -5.00. The van der Waals surface area contributed by atoms with Crippen LogP contribution in [0.5, 0.6) is 0 Å². The number of halogens is 3. The standard InChI is InChI=1S/C14H16F3N7O6S4.Na/c15-14(16,17)32-4-7(25)19-8-10(26)24-9(12(27)28)5(3-31-11(8)24)6(1-2-34(18,29)30)33-13-20-22-23-21-13;/h6,8,11H,1-4H2,(H,19,25)(H,27,28)(H2,18,29,30)(H,20,21,22,23);/q;+1/p-1/t6?,8?,11-;/m0./s1. The fraction of sp³-hybridized carbons (Fsp3) is 0.571. The van der Waals surface area contributed by atoms with Crippen molar-refractivity contribution in [3.63, 3.8) is 0 Å². The first-order valence-electron chi connectivity index (χ1n) is 9.06. The molecule has 0 saturated carbocycles. The molecule has 1 aromatic heterocycles. The summed E-state index contributed by atoms with van der Waals surface area (Å²) in [6, 6.07) is -1.23. The van der Waals surface area contributed by atoms with Gasteiger partial charge in [-0.3, -0.25) is 14.5 Å². The first-order chi connectivity index (χ1) is 15.8. The number of fused-ring (bicyclic) bond motifs is 1. The molecule has 0 aromatic carbocycles. The van der Waals surface area contributed by atoms with Crippen molar-refractivity contribution in [2.75, 3.05) is 17.3 Å². The van der Waals surface area contributed by atoms with Gasteiger partial charge in [0.2, 0.25) is 21.1 Å². The summed E-state index contributed by atoms with van der Waals surface area (Å²) in [5, 5.41) is 30.6. The summed E-state index contributed by atoms with van der Waals surface area (Å²) >= 11 is 1.37. The van der Waals surface area contributed by atoms with Gasteiger partial charge in [0.05, 0.1) is 23.2 Å². The van der Waals surface area contributed by atoms with E-state index < -0.39 is 78.9 Å². The molecule has 3 atom stereocenters. The number of aliphatic carboxylic acids is 1. The molecule has 0 spiro atoms. The molecule has 188 valence electrons. The van der Waals surface area contributed by atoms with Crippen LogP contribution < -0.4 is 45.1 Å². The Bertz CT molecular complexity index is 1100. The minimum Gasteiger partial charge on any atom is -0.543 e. The third-order valence-corrected chi connectivity index (χ3v) is 8.53. The average molecular weight is 586 g/mol. The van der Waals surface area contributed by atoms with Crippen molar-refractivity contribution < 1.29 is 70.6 Å². The molecule has 2 unspecified atom stereocenters. The fourth-order valence-corrected chi connectivity index (χ4v) is 6.78. The molecule has 2 aliphatic heterocycles. The van der Waals surface area contributed by atoms with E-state index in [-0.39, 0.29) is 52.5 Å². The molecule has 2 aliphatic rings. The van der Waals surface area contributed by atoms with Crippen molar-refractivity contribution in [3.8, 4) is 0 Å². The molecule has 35 heavy (non-hydrogen) atoms. The summed E-state index contributed by atoms with van der Waals surface area (Å²) in [5.74, 6) is -5.10. The maximum absolute atomic E-state index is 12.6. The van der Waals surface area contributed by atoms with Crippen molar-refractivity contribution in [1.82, 2.24) is 30.8 Å². The number of hydrogen-bond donors (Lipinski definition) is 3. The number of nitrogens with zero attached hydrogens (tertiary/aromatic N) is 4. The molecule has 0 aliphatic carbocycles. The number of carbonyl (C=O) groups excluding carboxylic acids is 3. The van der Waals surface area contributed by atoms with Gasteiger partial charge in [-0.2, -0.15) is 18.4 Å². The number of tetrazole rings is 1. The van der Waals surface area contributed by atoms with Crippen LogP contribution in [0.1, 0.15) is 6.42 Å². The van der Waals surface area contributed by atoms with Crippen molar-refractivity contribution in [2.45, 2.75) is 33.8 Å². The van der Waals surface area contributed by atoms with Gasteiger partial charge in [0.1, 0.15) is 11.4 Å². The molecule has 4 N–H and O–H groups in total. The van der Waals surface area contributed by atoms with E-state index in [1.165, 1.54) is 0 Å². The maximum Gasteiger partial charge on any atom is 1.00 e. The summed E-state index contributed by atoms with van der Waals surface area (Å²) in [6.07, 6.45) is -0.147. The zero-order valence-electron chi connectivity index (χ0n) is 17.6. The first-order valence-corrected chi connectivity index (χ1v) is 13.7. The summed E-state index contributed by atoms with van der Waals surface area (Å²) in [7, 11) is -3.91. The molecule has 3 rings (SSSR count). The minimum atomic E-state index is -4.63. The number of H-pyrrole nitrogens is 1. The Morgan fingerprint density at radius 2 is 2.09 bits per heavy atom. The van der Waals surface area contributed by atoms with E-state index in [0.29, 0.717) is 0 Å². The zero-order valence-corrected chi connectivity index (χ0v) is 22.9. The van der Waals surface area contributed by atoms with Crippen LogP contribution in [-0.4, -0.2) is 91.2 Å². The zero-order chi connectivity index (χ0) is 25.3. The molecule has 0 radical (unpaired) electrons. The summed E-state index contributed by atoms with van der Waals surface area (Å²) < 4.78 is 59.8. The summed E-state index contributed by atoms with van der Waals surface area (Å²) in [5.41, 5.74) is -5.00. The Balaban J connectivity index is 0.00000432. The monoisotopic (exact) mass is 585 g/mol. The molecular formula is C14H15F3N7NaO6S4. The van der Waals surface area contributed by atoms with E-state index in [9.17, 15) is 41.1 Å². The SMILES string of the molecule is NS(=O)(=O)CCC(Sc1nn[nH]n1)C1=C(C(=O)[O-])N2C(=O)C(NC(=O)CSC(F)(F)F)[C@@H]2SC1.[Na+]. The van der Waals surface area contributed by atoms with Crippen LogP contribution in [0.15, 0.2) is 16.4 Å². The van der Waals surface area contributed by atoms with Gasteiger partial charge in [0.25, 0.3) is 5.91 Å².